The Morgan fingerprint density at radius 1 is 0.902 bits per heavy atom. The molecule has 0 saturated carbocycles. The monoisotopic (exact) mass is 552 g/mol. The zero-order valence-corrected chi connectivity index (χ0v) is 24.7. The fourth-order valence-electron chi connectivity index (χ4n) is 6.92. The van der Waals surface area contributed by atoms with Gasteiger partial charge in [0.15, 0.2) is 12.0 Å². The van der Waals surface area contributed by atoms with E-state index in [1.165, 1.54) is 29.5 Å². The number of aryl methyl sites for hydroxylation is 2. The minimum absolute atomic E-state index is 0.0493. The Kier molecular flexibility index (Phi) is 6.93. The van der Waals surface area contributed by atoms with Gasteiger partial charge in [-0.15, -0.1) is 15.3 Å². The largest absolute Gasteiger partial charge is 0.475 e. The maximum absolute atomic E-state index is 6.42. The normalized spacial score (nSPS) is 18.6. The van der Waals surface area contributed by atoms with E-state index in [4.69, 9.17) is 10.5 Å². The zero-order chi connectivity index (χ0) is 28.8. The zero-order valence-electron chi connectivity index (χ0n) is 24.7. The number of fused-ring (bicyclic) bond motifs is 3. The van der Waals surface area contributed by atoms with Gasteiger partial charge in [0.2, 0.25) is 11.9 Å². The van der Waals surface area contributed by atoms with Crippen LogP contribution in [0.4, 0.5) is 17.6 Å². The van der Waals surface area contributed by atoms with Gasteiger partial charge in [-0.2, -0.15) is 9.67 Å². The van der Waals surface area contributed by atoms with Crippen molar-refractivity contribution in [2.45, 2.75) is 90.4 Å². The lowest BCUT2D eigenvalue weighted by atomic mass is 9.79. The SMILES string of the molecule is CC(Oc1ccc(Nc2nc(N)n(-c3cc4c(nn3)-c3ccccc3CCC4)n2)cc1)N1C(C)(C)CCCC1(C)C. The molecule has 1 aliphatic carbocycles. The summed E-state index contributed by atoms with van der Waals surface area (Å²) in [5.41, 5.74) is 11.8. The number of rotatable bonds is 6. The second kappa shape index (κ2) is 10.4. The van der Waals surface area contributed by atoms with E-state index < -0.39 is 0 Å². The minimum Gasteiger partial charge on any atom is -0.475 e. The third kappa shape index (κ3) is 5.38. The molecule has 0 amide bonds. The third-order valence-electron chi connectivity index (χ3n) is 8.54. The predicted octanol–water partition coefficient (Wildman–Crippen LogP) is 6.31. The van der Waals surface area contributed by atoms with E-state index in [1.54, 1.807) is 0 Å². The molecule has 9 heteroatoms. The first-order valence-corrected chi connectivity index (χ1v) is 14.6. The molecule has 0 radical (unpaired) electrons. The number of likely N-dealkylation sites (tertiary alicyclic amines) is 1. The van der Waals surface area contributed by atoms with Gasteiger partial charge in [0.25, 0.3) is 0 Å². The average Bonchev–Trinajstić information content (AvgIpc) is 3.17. The van der Waals surface area contributed by atoms with Crippen LogP contribution in [0.25, 0.3) is 17.1 Å². The summed E-state index contributed by atoms with van der Waals surface area (Å²) in [7, 11) is 0. The van der Waals surface area contributed by atoms with E-state index in [0.717, 1.165) is 47.5 Å². The molecule has 3 N–H and O–H groups in total. The molecule has 3 heterocycles. The summed E-state index contributed by atoms with van der Waals surface area (Å²) in [6.07, 6.45) is 6.53. The van der Waals surface area contributed by atoms with Crippen LogP contribution >= 0.6 is 0 Å². The number of piperidine rings is 1. The Balaban J connectivity index is 1.16. The number of benzene rings is 2. The molecule has 41 heavy (non-hydrogen) atoms. The summed E-state index contributed by atoms with van der Waals surface area (Å²) >= 11 is 0. The molecule has 1 aliphatic heterocycles. The van der Waals surface area contributed by atoms with Crippen molar-refractivity contribution in [1.82, 2.24) is 29.9 Å². The number of nitrogens with zero attached hydrogens (tertiary/aromatic N) is 6. The Hall–Kier alpha value is -3.98. The van der Waals surface area contributed by atoms with Gasteiger partial charge >= 0.3 is 0 Å². The highest BCUT2D eigenvalue weighted by atomic mass is 16.5. The fourth-order valence-corrected chi connectivity index (χ4v) is 6.92. The summed E-state index contributed by atoms with van der Waals surface area (Å²) in [6, 6.07) is 18.3. The van der Waals surface area contributed by atoms with E-state index in [-0.39, 0.29) is 23.3 Å². The first kappa shape index (κ1) is 27.2. The number of nitrogen functional groups attached to an aromatic ring is 1. The van der Waals surface area contributed by atoms with Crippen molar-refractivity contribution in [3.8, 4) is 22.8 Å². The maximum atomic E-state index is 6.42. The van der Waals surface area contributed by atoms with Crippen molar-refractivity contribution in [2.75, 3.05) is 11.1 Å². The van der Waals surface area contributed by atoms with Crippen LogP contribution in [-0.2, 0) is 12.8 Å². The Morgan fingerprint density at radius 2 is 1.61 bits per heavy atom. The van der Waals surface area contributed by atoms with Gasteiger partial charge in [-0.05, 0) is 115 Å². The van der Waals surface area contributed by atoms with E-state index in [0.29, 0.717) is 11.8 Å². The highest BCUT2D eigenvalue weighted by molar-refractivity contribution is 5.68. The summed E-state index contributed by atoms with van der Waals surface area (Å²) in [6.45, 7) is 11.4. The summed E-state index contributed by atoms with van der Waals surface area (Å²) in [4.78, 5) is 6.94. The fraction of sp³-hybridized carbons (Fsp3) is 0.438. The van der Waals surface area contributed by atoms with Gasteiger partial charge in [0.1, 0.15) is 5.75 Å². The molecule has 2 aromatic heterocycles. The molecule has 1 atom stereocenters. The molecular formula is C32H40N8O. The summed E-state index contributed by atoms with van der Waals surface area (Å²) in [5, 5.41) is 16.9. The van der Waals surface area contributed by atoms with Gasteiger partial charge in [0, 0.05) is 22.3 Å². The van der Waals surface area contributed by atoms with Gasteiger partial charge < -0.3 is 15.8 Å². The lowest BCUT2D eigenvalue weighted by molar-refractivity contribution is -0.119. The first-order chi connectivity index (χ1) is 19.6. The van der Waals surface area contributed by atoms with Crippen molar-refractivity contribution in [3.63, 3.8) is 0 Å². The van der Waals surface area contributed by atoms with Crippen LogP contribution < -0.4 is 15.8 Å². The molecule has 1 fully saturated rings. The molecule has 0 spiro atoms. The molecule has 9 nitrogen and oxygen atoms in total. The number of aromatic nitrogens is 5. The highest BCUT2D eigenvalue weighted by Gasteiger charge is 2.44. The van der Waals surface area contributed by atoms with Crippen molar-refractivity contribution >= 4 is 17.6 Å². The number of hydrogen-bond acceptors (Lipinski definition) is 8. The number of anilines is 3. The number of ether oxygens (including phenoxy) is 1. The molecule has 6 rings (SSSR count). The topological polar surface area (TPSA) is 107 Å². The van der Waals surface area contributed by atoms with Crippen molar-refractivity contribution < 1.29 is 4.74 Å². The van der Waals surface area contributed by atoms with Crippen LogP contribution in [-0.4, -0.2) is 47.2 Å². The Bertz CT molecular complexity index is 1530. The number of hydrogen-bond donors (Lipinski definition) is 2. The van der Waals surface area contributed by atoms with Crippen molar-refractivity contribution in [3.05, 3.63) is 65.7 Å². The van der Waals surface area contributed by atoms with Crippen LogP contribution in [0.2, 0.25) is 0 Å². The molecule has 0 bridgehead atoms. The molecule has 2 aromatic carbocycles. The lowest BCUT2D eigenvalue weighted by Gasteiger charge is -2.55. The van der Waals surface area contributed by atoms with E-state index >= 15 is 0 Å². The van der Waals surface area contributed by atoms with E-state index in [2.05, 4.69) is 83.3 Å². The minimum atomic E-state index is -0.0493. The van der Waals surface area contributed by atoms with Crippen molar-refractivity contribution in [1.29, 1.82) is 0 Å². The molecule has 1 saturated heterocycles. The molecule has 2 aliphatic rings. The summed E-state index contributed by atoms with van der Waals surface area (Å²) in [5.74, 6) is 2.02. The van der Waals surface area contributed by atoms with Crippen LogP contribution in [0.5, 0.6) is 5.75 Å². The van der Waals surface area contributed by atoms with E-state index in [9.17, 15) is 0 Å². The quantitative estimate of drug-likeness (QED) is 0.287. The summed E-state index contributed by atoms with van der Waals surface area (Å²) < 4.78 is 7.95. The predicted molar refractivity (Wildman–Crippen MR) is 162 cm³/mol. The number of nitrogens with one attached hydrogen (secondary N) is 1. The third-order valence-corrected chi connectivity index (χ3v) is 8.54. The van der Waals surface area contributed by atoms with Gasteiger partial charge in [-0.1, -0.05) is 24.3 Å². The number of nitrogens with two attached hydrogens (primary N) is 1. The van der Waals surface area contributed by atoms with Crippen molar-refractivity contribution in [2.24, 2.45) is 0 Å². The van der Waals surface area contributed by atoms with Crippen LogP contribution in [0.15, 0.2) is 54.6 Å². The highest BCUT2D eigenvalue weighted by Crippen LogP contribution is 2.40. The van der Waals surface area contributed by atoms with E-state index in [1.807, 2.05) is 36.4 Å². The molecule has 214 valence electrons. The Morgan fingerprint density at radius 3 is 2.37 bits per heavy atom. The second-order valence-electron chi connectivity index (χ2n) is 12.5. The first-order valence-electron chi connectivity index (χ1n) is 14.6. The molecular weight excluding hydrogens is 512 g/mol. The lowest BCUT2D eigenvalue weighted by Crippen LogP contribution is -2.63. The molecule has 4 aromatic rings. The van der Waals surface area contributed by atoms with Gasteiger partial charge in [-0.3, -0.25) is 4.90 Å². The molecule has 1 unspecified atom stereocenters. The van der Waals surface area contributed by atoms with Gasteiger partial charge in [0.05, 0.1) is 5.69 Å². The van der Waals surface area contributed by atoms with Gasteiger partial charge in [-0.25, -0.2) is 0 Å². The Labute approximate surface area is 242 Å². The maximum Gasteiger partial charge on any atom is 0.248 e. The second-order valence-corrected chi connectivity index (χ2v) is 12.5. The standard InChI is InChI=1S/C32H40N8O/c1-21(40-31(2,3)18-9-19-32(40,4)5)41-25-16-14-24(15-17-25)34-30-35-29(33)39(38-30)27-20-23-12-8-11-22-10-6-7-13-26(22)28(23)37-36-27/h6-7,10,13-17,20-21H,8-9,11-12,18-19H2,1-5H3,(H3,33,34,35,38). The van der Waals surface area contributed by atoms with Crippen LogP contribution in [0.3, 0.4) is 0 Å². The van der Waals surface area contributed by atoms with Crippen LogP contribution in [0, 0.1) is 0 Å². The average molecular weight is 553 g/mol. The smallest absolute Gasteiger partial charge is 0.248 e. The van der Waals surface area contributed by atoms with Crippen LogP contribution in [0.1, 0.15) is 71.4 Å².